The number of carbonyl (C=O) groups excluding carboxylic acids is 1. The molecule has 214 valence electrons. The Morgan fingerprint density at radius 3 is 2.37 bits per heavy atom. The summed E-state index contributed by atoms with van der Waals surface area (Å²) in [5, 5.41) is 17.5. The SMILES string of the molecule is CN(C)c1ccc([C@H]2C[C@@]3(C)C(CC[C@@]3(O)C#Cc3ccc(S(N)(=O)=O)cc3)C3CCC4=CC(=O)CCC4=C32)cc1. The third-order valence-corrected chi connectivity index (χ3v) is 11.2. The molecule has 4 aliphatic carbocycles. The van der Waals surface area contributed by atoms with Crippen molar-refractivity contribution >= 4 is 21.5 Å². The lowest BCUT2D eigenvalue weighted by Gasteiger charge is -2.53. The first-order chi connectivity index (χ1) is 19.4. The average Bonchev–Trinajstić information content (AvgIpc) is 3.21. The Labute approximate surface area is 243 Å². The minimum absolute atomic E-state index is 0.0424. The zero-order chi connectivity index (χ0) is 29.2. The smallest absolute Gasteiger partial charge is 0.238 e. The number of hydrogen-bond acceptors (Lipinski definition) is 5. The molecule has 5 atom stereocenters. The van der Waals surface area contributed by atoms with Crippen LogP contribution in [-0.4, -0.2) is 39.0 Å². The highest BCUT2D eigenvalue weighted by molar-refractivity contribution is 7.89. The van der Waals surface area contributed by atoms with E-state index in [1.807, 2.05) is 20.2 Å². The minimum Gasteiger partial charge on any atom is -0.378 e. The van der Waals surface area contributed by atoms with Gasteiger partial charge in [0.05, 0.1) is 4.90 Å². The summed E-state index contributed by atoms with van der Waals surface area (Å²) in [5.41, 5.74) is 5.55. The van der Waals surface area contributed by atoms with Gasteiger partial charge in [0.25, 0.3) is 0 Å². The molecule has 0 spiro atoms. The third-order valence-electron chi connectivity index (χ3n) is 10.3. The fourth-order valence-electron chi connectivity index (χ4n) is 8.08. The molecule has 0 bridgehead atoms. The number of aliphatic hydroxyl groups is 1. The van der Waals surface area contributed by atoms with Crippen molar-refractivity contribution in [3.63, 3.8) is 0 Å². The highest BCUT2D eigenvalue weighted by Gasteiger charge is 2.62. The Hall–Kier alpha value is -3.18. The van der Waals surface area contributed by atoms with Gasteiger partial charge in [-0.3, -0.25) is 4.79 Å². The lowest BCUT2D eigenvalue weighted by atomic mass is 9.51. The van der Waals surface area contributed by atoms with E-state index in [9.17, 15) is 18.3 Å². The molecule has 0 heterocycles. The van der Waals surface area contributed by atoms with Gasteiger partial charge in [-0.05, 0) is 110 Å². The van der Waals surface area contributed by atoms with Crippen molar-refractivity contribution in [2.24, 2.45) is 22.4 Å². The number of primary sulfonamides is 1. The highest BCUT2D eigenvalue weighted by Crippen LogP contribution is 2.66. The van der Waals surface area contributed by atoms with Gasteiger partial charge in [0, 0.05) is 43.1 Å². The molecule has 2 fully saturated rings. The van der Waals surface area contributed by atoms with Crippen LogP contribution < -0.4 is 10.0 Å². The third kappa shape index (κ3) is 4.76. The monoisotopic (exact) mass is 570 g/mol. The number of sulfonamides is 1. The van der Waals surface area contributed by atoms with Gasteiger partial charge in [0.2, 0.25) is 10.0 Å². The zero-order valence-electron chi connectivity index (χ0n) is 24.0. The fourth-order valence-corrected chi connectivity index (χ4v) is 8.59. The first-order valence-electron chi connectivity index (χ1n) is 14.5. The predicted octanol–water partition coefficient (Wildman–Crippen LogP) is 5.08. The highest BCUT2D eigenvalue weighted by atomic mass is 32.2. The molecule has 0 radical (unpaired) electrons. The summed E-state index contributed by atoms with van der Waals surface area (Å²) in [6, 6.07) is 15.0. The zero-order valence-corrected chi connectivity index (χ0v) is 24.8. The van der Waals surface area contributed by atoms with Gasteiger partial charge in [0.1, 0.15) is 5.60 Å². The topological polar surface area (TPSA) is 101 Å². The molecule has 3 N–H and O–H groups in total. The molecule has 6 nitrogen and oxygen atoms in total. The number of nitrogens with zero attached hydrogens (tertiary/aromatic N) is 1. The summed E-state index contributed by atoms with van der Waals surface area (Å²) < 4.78 is 23.3. The molecule has 2 saturated carbocycles. The molecule has 2 aromatic carbocycles. The molecule has 6 rings (SSSR count). The Kier molecular flexibility index (Phi) is 6.80. The van der Waals surface area contributed by atoms with Crippen molar-refractivity contribution in [1.29, 1.82) is 0 Å². The van der Waals surface area contributed by atoms with Gasteiger partial charge in [0.15, 0.2) is 5.78 Å². The number of benzene rings is 2. The average molecular weight is 571 g/mol. The summed E-state index contributed by atoms with van der Waals surface area (Å²) in [6.07, 6.45) is 7.46. The van der Waals surface area contributed by atoms with Crippen molar-refractivity contribution < 1.29 is 18.3 Å². The lowest BCUT2D eigenvalue weighted by Crippen LogP contribution is -2.51. The van der Waals surface area contributed by atoms with Crippen LogP contribution in [0, 0.1) is 29.1 Å². The molecular formula is C34H38N2O4S. The van der Waals surface area contributed by atoms with Gasteiger partial charge < -0.3 is 10.0 Å². The van der Waals surface area contributed by atoms with E-state index >= 15 is 0 Å². The van der Waals surface area contributed by atoms with E-state index in [1.165, 1.54) is 34.4 Å². The quantitative estimate of drug-likeness (QED) is 0.501. The van der Waals surface area contributed by atoms with Gasteiger partial charge >= 0.3 is 0 Å². The number of rotatable bonds is 3. The standard InChI is InChI=1S/C34H38N2O4S/c1-33-21-30(23-6-9-25(10-7-23)36(2)3)32-28-15-11-26(37)20-24(28)8-14-29(32)31(33)17-19-34(33,38)18-16-22-4-12-27(13-5-22)41(35,39)40/h4-7,9-10,12-13,20,29-31,38H,8,11,14-15,17,19,21H2,1-3H3,(H2,35,39,40)/t29?,30-,31?,33+,34+/m1/s1. The van der Waals surface area contributed by atoms with Gasteiger partial charge in [-0.2, -0.15) is 0 Å². The van der Waals surface area contributed by atoms with Gasteiger partial charge in [-0.15, -0.1) is 0 Å². The summed E-state index contributed by atoms with van der Waals surface area (Å²) in [4.78, 5) is 14.5. The summed E-state index contributed by atoms with van der Waals surface area (Å²) in [6.45, 7) is 2.22. The summed E-state index contributed by atoms with van der Waals surface area (Å²) in [5.74, 6) is 7.45. The molecule has 7 heteroatoms. The van der Waals surface area contributed by atoms with Crippen LogP contribution in [0.2, 0.25) is 0 Å². The second-order valence-electron chi connectivity index (χ2n) is 12.7. The van der Waals surface area contributed by atoms with Crippen molar-refractivity contribution in [3.05, 3.63) is 82.5 Å². The van der Waals surface area contributed by atoms with Crippen molar-refractivity contribution in [1.82, 2.24) is 0 Å². The second-order valence-corrected chi connectivity index (χ2v) is 14.3. The van der Waals surface area contributed by atoms with Gasteiger partial charge in [-0.25, -0.2) is 13.6 Å². The van der Waals surface area contributed by atoms with E-state index in [2.05, 4.69) is 47.9 Å². The maximum atomic E-state index is 12.3. The van der Waals surface area contributed by atoms with Crippen LogP contribution in [0.5, 0.6) is 0 Å². The molecule has 0 aliphatic heterocycles. The maximum absolute atomic E-state index is 12.3. The summed E-state index contributed by atoms with van der Waals surface area (Å²) in [7, 11) is 0.303. The predicted molar refractivity (Wildman–Crippen MR) is 161 cm³/mol. The van der Waals surface area contributed by atoms with Crippen molar-refractivity contribution in [2.45, 2.75) is 68.3 Å². The molecule has 2 aromatic rings. The van der Waals surface area contributed by atoms with Gasteiger partial charge in [-0.1, -0.05) is 36.5 Å². The van der Waals surface area contributed by atoms with E-state index in [0.29, 0.717) is 30.2 Å². The molecule has 0 aromatic heterocycles. The number of carbonyl (C=O) groups is 1. The molecule has 0 saturated heterocycles. The van der Waals surface area contributed by atoms with Crippen LogP contribution in [-0.2, 0) is 14.8 Å². The van der Waals surface area contributed by atoms with Crippen LogP contribution in [0.4, 0.5) is 5.69 Å². The first-order valence-corrected chi connectivity index (χ1v) is 16.1. The number of anilines is 1. The Morgan fingerprint density at radius 2 is 1.71 bits per heavy atom. The number of nitrogens with two attached hydrogens (primary N) is 1. The Morgan fingerprint density at radius 1 is 1.00 bits per heavy atom. The summed E-state index contributed by atoms with van der Waals surface area (Å²) >= 11 is 0. The normalized spacial score (nSPS) is 30.9. The van der Waals surface area contributed by atoms with E-state index in [1.54, 1.807) is 12.1 Å². The molecule has 0 amide bonds. The minimum atomic E-state index is -3.78. The van der Waals surface area contributed by atoms with Crippen LogP contribution in [0.1, 0.15) is 68.9 Å². The first kappa shape index (κ1) is 28.0. The molecule has 4 aliphatic rings. The number of ketones is 1. The van der Waals surface area contributed by atoms with E-state index in [0.717, 1.165) is 37.8 Å². The van der Waals surface area contributed by atoms with E-state index in [-0.39, 0.29) is 16.6 Å². The molecular weight excluding hydrogens is 532 g/mol. The fraction of sp³-hybridized carbons (Fsp3) is 0.441. The van der Waals surface area contributed by atoms with Crippen molar-refractivity contribution in [3.8, 4) is 11.8 Å². The number of allylic oxidation sites excluding steroid dienone is 4. The Bertz CT molecular complexity index is 1630. The van der Waals surface area contributed by atoms with Crippen LogP contribution in [0.3, 0.4) is 0 Å². The van der Waals surface area contributed by atoms with Crippen LogP contribution in [0.15, 0.2) is 76.2 Å². The number of hydrogen-bond donors (Lipinski definition) is 2. The lowest BCUT2D eigenvalue weighted by molar-refractivity contribution is -0.114. The Balaban J connectivity index is 1.42. The van der Waals surface area contributed by atoms with Crippen LogP contribution >= 0.6 is 0 Å². The van der Waals surface area contributed by atoms with Crippen LogP contribution in [0.25, 0.3) is 0 Å². The molecule has 41 heavy (non-hydrogen) atoms. The largest absolute Gasteiger partial charge is 0.378 e. The molecule has 2 unspecified atom stereocenters. The van der Waals surface area contributed by atoms with Crippen molar-refractivity contribution in [2.75, 3.05) is 19.0 Å². The van der Waals surface area contributed by atoms with E-state index in [4.69, 9.17) is 5.14 Å². The maximum Gasteiger partial charge on any atom is 0.238 e. The number of fused-ring (bicyclic) bond motifs is 4. The van der Waals surface area contributed by atoms with E-state index < -0.39 is 21.0 Å². The second kappa shape index (κ2) is 9.97.